The highest BCUT2D eigenvalue weighted by Gasteiger charge is 2.33. The second-order valence-corrected chi connectivity index (χ2v) is 5.16. The summed E-state index contributed by atoms with van der Waals surface area (Å²) in [6.45, 7) is 6.72. The number of hydrogen-bond acceptors (Lipinski definition) is 5. The van der Waals surface area contributed by atoms with Gasteiger partial charge in [0.15, 0.2) is 0 Å². The normalized spacial score (nSPS) is 18.4. The standard InChI is InChI=1S/C14H28N2O3/c1-5-19-14(17)13(15-3)10-16(8-9-18-4)11(2)12-6-7-12/h11-13,15H,5-10H2,1-4H3. The first-order chi connectivity index (χ1) is 9.13. The van der Waals surface area contributed by atoms with Crippen LogP contribution in [0.25, 0.3) is 0 Å². The van der Waals surface area contributed by atoms with Crippen LogP contribution in [0.3, 0.4) is 0 Å². The van der Waals surface area contributed by atoms with Crippen molar-refractivity contribution in [3.05, 3.63) is 0 Å². The summed E-state index contributed by atoms with van der Waals surface area (Å²) in [4.78, 5) is 14.2. The third kappa shape index (κ3) is 5.47. The minimum absolute atomic E-state index is 0.171. The second kappa shape index (κ2) is 8.51. The van der Waals surface area contributed by atoms with Gasteiger partial charge in [0.2, 0.25) is 0 Å². The number of hydrogen-bond donors (Lipinski definition) is 1. The van der Waals surface area contributed by atoms with E-state index in [0.717, 1.165) is 12.5 Å². The summed E-state index contributed by atoms with van der Waals surface area (Å²) in [6, 6.07) is 0.235. The Morgan fingerprint density at radius 3 is 2.63 bits per heavy atom. The van der Waals surface area contributed by atoms with Crippen molar-refractivity contribution in [1.82, 2.24) is 10.2 Å². The third-order valence-electron chi connectivity index (χ3n) is 3.80. The van der Waals surface area contributed by atoms with Crippen LogP contribution in [-0.2, 0) is 14.3 Å². The molecule has 0 aromatic carbocycles. The van der Waals surface area contributed by atoms with E-state index in [0.29, 0.717) is 25.8 Å². The predicted octanol–water partition coefficient (Wildman–Crippen LogP) is 0.884. The zero-order valence-corrected chi connectivity index (χ0v) is 12.6. The average molecular weight is 272 g/mol. The molecule has 1 aliphatic carbocycles. The fourth-order valence-electron chi connectivity index (χ4n) is 2.31. The summed E-state index contributed by atoms with van der Waals surface area (Å²) in [5.41, 5.74) is 0. The monoisotopic (exact) mass is 272 g/mol. The van der Waals surface area contributed by atoms with Crippen LogP contribution in [0.1, 0.15) is 26.7 Å². The Balaban J connectivity index is 2.54. The van der Waals surface area contributed by atoms with E-state index in [4.69, 9.17) is 9.47 Å². The largest absolute Gasteiger partial charge is 0.465 e. The van der Waals surface area contributed by atoms with E-state index in [1.165, 1.54) is 12.8 Å². The van der Waals surface area contributed by atoms with Crippen LogP contribution < -0.4 is 5.32 Å². The number of carbonyl (C=O) groups excluding carboxylic acids is 1. The number of carbonyl (C=O) groups is 1. The van der Waals surface area contributed by atoms with Gasteiger partial charge < -0.3 is 14.8 Å². The van der Waals surface area contributed by atoms with Gasteiger partial charge in [0.25, 0.3) is 0 Å². The van der Waals surface area contributed by atoms with E-state index in [9.17, 15) is 4.79 Å². The van der Waals surface area contributed by atoms with E-state index < -0.39 is 0 Å². The lowest BCUT2D eigenvalue weighted by Crippen LogP contribution is -2.49. The molecule has 0 bridgehead atoms. The molecule has 0 spiro atoms. The average Bonchev–Trinajstić information content (AvgIpc) is 3.23. The fraction of sp³-hybridized carbons (Fsp3) is 0.929. The Labute approximate surface area is 116 Å². The summed E-state index contributed by atoms with van der Waals surface area (Å²) in [6.07, 6.45) is 2.60. The number of likely N-dealkylation sites (N-methyl/N-ethyl adjacent to an activating group) is 1. The fourth-order valence-corrected chi connectivity index (χ4v) is 2.31. The minimum atomic E-state index is -0.266. The molecule has 0 aliphatic heterocycles. The summed E-state index contributed by atoms with van der Waals surface area (Å²) < 4.78 is 10.3. The molecule has 112 valence electrons. The Morgan fingerprint density at radius 2 is 2.16 bits per heavy atom. The Hall–Kier alpha value is -0.650. The van der Waals surface area contributed by atoms with Crippen LogP contribution in [0, 0.1) is 5.92 Å². The number of nitrogens with zero attached hydrogens (tertiary/aromatic N) is 1. The van der Waals surface area contributed by atoms with Crippen molar-refractivity contribution < 1.29 is 14.3 Å². The molecule has 0 saturated heterocycles. The summed E-state index contributed by atoms with van der Waals surface area (Å²) in [5.74, 6) is 0.604. The molecule has 1 saturated carbocycles. The van der Waals surface area contributed by atoms with E-state index >= 15 is 0 Å². The van der Waals surface area contributed by atoms with Gasteiger partial charge >= 0.3 is 5.97 Å². The molecule has 0 aromatic rings. The molecule has 0 radical (unpaired) electrons. The number of rotatable bonds is 10. The third-order valence-corrected chi connectivity index (χ3v) is 3.80. The second-order valence-electron chi connectivity index (χ2n) is 5.16. The summed E-state index contributed by atoms with van der Waals surface area (Å²) in [7, 11) is 3.51. The molecule has 0 heterocycles. The molecule has 0 aromatic heterocycles. The van der Waals surface area contributed by atoms with E-state index in [1.807, 2.05) is 6.92 Å². The van der Waals surface area contributed by atoms with E-state index in [2.05, 4.69) is 17.1 Å². The maximum atomic E-state index is 11.8. The van der Waals surface area contributed by atoms with Gasteiger partial charge in [-0.15, -0.1) is 0 Å². The lowest BCUT2D eigenvalue weighted by molar-refractivity contribution is -0.146. The molecule has 19 heavy (non-hydrogen) atoms. The van der Waals surface area contributed by atoms with Gasteiger partial charge in [-0.25, -0.2) is 0 Å². The van der Waals surface area contributed by atoms with Crippen LogP contribution in [-0.4, -0.2) is 63.4 Å². The molecule has 2 atom stereocenters. The van der Waals surface area contributed by atoms with Gasteiger partial charge in [0.1, 0.15) is 6.04 Å². The van der Waals surface area contributed by atoms with Crippen molar-refractivity contribution >= 4 is 5.97 Å². The van der Waals surface area contributed by atoms with Crippen LogP contribution in [0.5, 0.6) is 0 Å². The lowest BCUT2D eigenvalue weighted by Gasteiger charge is -2.31. The molecule has 5 heteroatoms. The first-order valence-corrected chi connectivity index (χ1v) is 7.20. The number of methoxy groups -OCH3 is 1. The first-order valence-electron chi connectivity index (χ1n) is 7.20. The molecule has 1 N–H and O–H groups in total. The summed E-state index contributed by atoms with van der Waals surface area (Å²) >= 11 is 0. The van der Waals surface area contributed by atoms with Crippen LogP contribution >= 0.6 is 0 Å². The maximum Gasteiger partial charge on any atom is 0.324 e. The molecule has 1 fully saturated rings. The molecule has 1 aliphatic rings. The number of ether oxygens (including phenoxy) is 2. The van der Waals surface area contributed by atoms with E-state index in [1.54, 1.807) is 14.2 Å². The van der Waals surface area contributed by atoms with Gasteiger partial charge in [-0.2, -0.15) is 0 Å². The van der Waals surface area contributed by atoms with Crippen molar-refractivity contribution in [1.29, 1.82) is 0 Å². The topological polar surface area (TPSA) is 50.8 Å². The van der Waals surface area contributed by atoms with E-state index in [-0.39, 0.29) is 12.0 Å². The van der Waals surface area contributed by atoms with Gasteiger partial charge in [-0.05, 0) is 39.7 Å². The highest BCUT2D eigenvalue weighted by molar-refractivity contribution is 5.76. The zero-order valence-electron chi connectivity index (χ0n) is 12.6. The first kappa shape index (κ1) is 16.4. The summed E-state index contributed by atoms with van der Waals surface area (Å²) in [5, 5.41) is 3.05. The van der Waals surface area contributed by atoms with Crippen LogP contribution in [0.4, 0.5) is 0 Å². The molecule has 0 amide bonds. The Bertz CT molecular complexity index is 269. The Kier molecular flexibility index (Phi) is 7.34. The van der Waals surface area contributed by atoms with Crippen molar-refractivity contribution in [2.24, 2.45) is 5.92 Å². The van der Waals surface area contributed by atoms with Gasteiger partial charge in [-0.1, -0.05) is 0 Å². The molecule has 2 unspecified atom stereocenters. The smallest absolute Gasteiger partial charge is 0.324 e. The van der Waals surface area contributed by atoms with Crippen molar-refractivity contribution in [3.8, 4) is 0 Å². The van der Waals surface area contributed by atoms with Crippen molar-refractivity contribution in [3.63, 3.8) is 0 Å². The molecule has 5 nitrogen and oxygen atoms in total. The molecular formula is C14H28N2O3. The highest BCUT2D eigenvalue weighted by atomic mass is 16.5. The van der Waals surface area contributed by atoms with Crippen LogP contribution in [0.15, 0.2) is 0 Å². The predicted molar refractivity (Wildman–Crippen MR) is 75.1 cm³/mol. The molecular weight excluding hydrogens is 244 g/mol. The maximum absolute atomic E-state index is 11.8. The number of esters is 1. The van der Waals surface area contributed by atoms with Gasteiger partial charge in [0, 0.05) is 26.2 Å². The van der Waals surface area contributed by atoms with Crippen molar-refractivity contribution in [2.75, 3.05) is 40.5 Å². The molecule has 1 rings (SSSR count). The SMILES string of the molecule is CCOC(=O)C(CN(CCOC)C(C)C1CC1)NC. The highest BCUT2D eigenvalue weighted by Crippen LogP contribution is 2.35. The zero-order chi connectivity index (χ0) is 14.3. The van der Waals surface area contributed by atoms with Crippen LogP contribution in [0.2, 0.25) is 0 Å². The minimum Gasteiger partial charge on any atom is -0.465 e. The Morgan fingerprint density at radius 1 is 1.47 bits per heavy atom. The lowest BCUT2D eigenvalue weighted by atomic mass is 10.1. The quantitative estimate of drug-likeness (QED) is 0.598. The van der Waals surface area contributed by atoms with Crippen molar-refractivity contribution in [2.45, 2.75) is 38.8 Å². The number of nitrogens with one attached hydrogen (secondary N) is 1. The van der Waals surface area contributed by atoms with Gasteiger partial charge in [0.05, 0.1) is 13.2 Å². The van der Waals surface area contributed by atoms with Gasteiger partial charge in [-0.3, -0.25) is 9.69 Å².